The Morgan fingerprint density at radius 2 is 1.19 bits per heavy atom. The zero-order valence-electron chi connectivity index (χ0n) is 15.6. The summed E-state index contributed by atoms with van der Waals surface area (Å²) in [5, 5.41) is 7.28. The van der Waals surface area contributed by atoms with Crippen LogP contribution in [0.4, 0.5) is 37.7 Å². The molecular formula is C18H12F6N2O4S2. The molecule has 2 aromatic rings. The average Bonchev–Trinajstić information content (AvgIpc) is 2.69. The van der Waals surface area contributed by atoms with Gasteiger partial charge in [-0.3, -0.25) is 0 Å². The van der Waals surface area contributed by atoms with Crippen molar-refractivity contribution in [1.29, 1.82) is 0 Å². The molecule has 32 heavy (non-hydrogen) atoms. The monoisotopic (exact) mass is 498 g/mol. The van der Waals surface area contributed by atoms with Crippen LogP contribution in [-0.2, 0) is 19.7 Å². The number of sulfone groups is 2. The van der Waals surface area contributed by atoms with Crippen LogP contribution >= 0.6 is 0 Å². The Balaban J connectivity index is 2.83. The standard InChI is InChI=1S/C18H12F6N2O4S2/c1-11(31(27,28)17(19,20)21)14-9-6-10-15(26-25-13-7-4-3-5-8-13)16(14)12(2)32(29,30)18(22,23)24/h3-10H,1-2H2. The lowest BCUT2D eigenvalue weighted by Crippen LogP contribution is -2.26. The van der Waals surface area contributed by atoms with Gasteiger partial charge in [-0.25, -0.2) is 16.8 Å². The molecule has 0 aromatic heterocycles. The van der Waals surface area contributed by atoms with E-state index in [1.54, 1.807) is 6.07 Å². The predicted molar refractivity (Wildman–Crippen MR) is 105 cm³/mol. The molecule has 0 heterocycles. The van der Waals surface area contributed by atoms with Crippen molar-refractivity contribution >= 4 is 40.9 Å². The van der Waals surface area contributed by atoms with Crippen molar-refractivity contribution in [3.63, 3.8) is 0 Å². The van der Waals surface area contributed by atoms with Gasteiger partial charge < -0.3 is 0 Å². The number of halogens is 6. The second-order valence-electron chi connectivity index (χ2n) is 5.98. The predicted octanol–water partition coefficient (Wildman–Crippen LogP) is 5.91. The molecule has 0 aliphatic rings. The minimum Gasteiger partial charge on any atom is -0.214 e. The number of rotatable bonds is 6. The molecule has 0 amide bonds. The number of hydrogen-bond acceptors (Lipinski definition) is 6. The van der Waals surface area contributed by atoms with Crippen LogP contribution in [0.15, 0.2) is 71.9 Å². The number of hydrogen-bond donors (Lipinski definition) is 0. The molecule has 0 saturated carbocycles. The van der Waals surface area contributed by atoms with E-state index in [1.807, 2.05) is 0 Å². The van der Waals surface area contributed by atoms with Gasteiger partial charge in [0, 0.05) is 11.1 Å². The highest BCUT2D eigenvalue weighted by Crippen LogP contribution is 2.44. The highest BCUT2D eigenvalue weighted by atomic mass is 32.2. The maximum atomic E-state index is 13.1. The van der Waals surface area contributed by atoms with E-state index in [0.29, 0.717) is 6.07 Å². The molecule has 0 aliphatic heterocycles. The summed E-state index contributed by atoms with van der Waals surface area (Å²) in [7, 11) is -12.3. The van der Waals surface area contributed by atoms with Crippen molar-refractivity contribution in [2.45, 2.75) is 11.0 Å². The van der Waals surface area contributed by atoms with E-state index < -0.39 is 57.3 Å². The van der Waals surface area contributed by atoms with Gasteiger partial charge in [-0.05, 0) is 18.2 Å². The Labute approximate surface area is 178 Å². The van der Waals surface area contributed by atoms with Crippen molar-refractivity contribution in [3.8, 4) is 0 Å². The van der Waals surface area contributed by atoms with E-state index in [4.69, 9.17) is 0 Å². The molecule has 0 fully saturated rings. The van der Waals surface area contributed by atoms with Crippen LogP contribution in [-0.4, -0.2) is 27.9 Å². The molecule has 2 rings (SSSR count). The third-order valence-corrected chi connectivity index (χ3v) is 6.85. The number of nitrogens with zero attached hydrogens (tertiary/aromatic N) is 2. The Morgan fingerprint density at radius 1 is 0.688 bits per heavy atom. The average molecular weight is 498 g/mol. The van der Waals surface area contributed by atoms with Gasteiger partial charge in [-0.2, -0.15) is 31.5 Å². The van der Waals surface area contributed by atoms with Gasteiger partial charge in [0.05, 0.1) is 21.2 Å². The van der Waals surface area contributed by atoms with Crippen molar-refractivity contribution in [2.24, 2.45) is 10.2 Å². The third-order valence-electron chi connectivity index (χ3n) is 3.91. The normalized spacial score (nSPS) is 13.3. The van der Waals surface area contributed by atoms with Crippen LogP contribution in [0.1, 0.15) is 11.1 Å². The maximum Gasteiger partial charge on any atom is 0.501 e. The molecule has 0 radical (unpaired) electrons. The fourth-order valence-electron chi connectivity index (χ4n) is 2.31. The maximum absolute atomic E-state index is 13.1. The van der Waals surface area contributed by atoms with Gasteiger partial charge in [0.15, 0.2) is 0 Å². The molecule has 0 saturated heterocycles. The molecule has 172 valence electrons. The summed E-state index contributed by atoms with van der Waals surface area (Å²) in [5.41, 5.74) is -14.5. The quantitative estimate of drug-likeness (QED) is 0.366. The smallest absolute Gasteiger partial charge is 0.214 e. The van der Waals surface area contributed by atoms with Crippen molar-refractivity contribution in [1.82, 2.24) is 0 Å². The highest BCUT2D eigenvalue weighted by molar-refractivity contribution is 8.02. The summed E-state index contributed by atoms with van der Waals surface area (Å²) in [5.74, 6) is 0. The summed E-state index contributed by atoms with van der Waals surface area (Å²) in [6.07, 6.45) is 0. The molecule has 14 heteroatoms. The molecule has 0 bridgehead atoms. The molecule has 0 atom stereocenters. The number of alkyl halides is 6. The second-order valence-corrected chi connectivity index (χ2v) is 9.91. The van der Waals surface area contributed by atoms with Gasteiger partial charge in [0.2, 0.25) is 0 Å². The first-order valence-corrected chi connectivity index (χ1v) is 11.1. The van der Waals surface area contributed by atoms with Crippen molar-refractivity contribution < 1.29 is 43.2 Å². The first kappa shape index (κ1) is 25.3. The lowest BCUT2D eigenvalue weighted by atomic mass is 10.1. The second kappa shape index (κ2) is 8.50. The Bertz CT molecular complexity index is 1300. The first-order valence-electron chi connectivity index (χ1n) is 8.13. The molecule has 0 N–H and O–H groups in total. The number of azo groups is 1. The van der Waals surface area contributed by atoms with E-state index in [0.717, 1.165) is 12.1 Å². The van der Waals surface area contributed by atoms with Crippen molar-refractivity contribution in [3.05, 3.63) is 72.8 Å². The zero-order valence-corrected chi connectivity index (χ0v) is 17.3. The molecular weight excluding hydrogens is 486 g/mol. The van der Waals surface area contributed by atoms with Gasteiger partial charge in [-0.1, -0.05) is 43.5 Å². The van der Waals surface area contributed by atoms with Gasteiger partial charge in [0.25, 0.3) is 19.7 Å². The summed E-state index contributed by atoms with van der Waals surface area (Å²) in [6, 6.07) is 10.0. The minimum absolute atomic E-state index is 0.162. The molecule has 2 aromatic carbocycles. The van der Waals surface area contributed by atoms with E-state index in [9.17, 15) is 43.2 Å². The summed E-state index contributed by atoms with van der Waals surface area (Å²) in [6.45, 7) is 5.65. The van der Waals surface area contributed by atoms with Crippen LogP contribution in [0, 0.1) is 0 Å². The highest BCUT2D eigenvalue weighted by Gasteiger charge is 2.51. The van der Waals surface area contributed by atoms with Gasteiger partial charge in [-0.15, -0.1) is 5.11 Å². The molecule has 0 spiro atoms. The van der Waals surface area contributed by atoms with Crippen LogP contribution in [0.3, 0.4) is 0 Å². The van der Waals surface area contributed by atoms with Crippen molar-refractivity contribution in [2.75, 3.05) is 0 Å². The lowest BCUT2D eigenvalue weighted by molar-refractivity contribution is -0.0426. The largest absolute Gasteiger partial charge is 0.501 e. The number of benzene rings is 2. The van der Waals surface area contributed by atoms with E-state index >= 15 is 0 Å². The van der Waals surface area contributed by atoms with E-state index in [-0.39, 0.29) is 5.69 Å². The topological polar surface area (TPSA) is 93.0 Å². The van der Waals surface area contributed by atoms with Crippen LogP contribution in [0.25, 0.3) is 9.81 Å². The molecule has 0 aliphatic carbocycles. The van der Waals surface area contributed by atoms with Crippen LogP contribution < -0.4 is 0 Å². The summed E-state index contributed by atoms with van der Waals surface area (Å²) in [4.78, 5) is -3.41. The molecule has 0 unspecified atom stereocenters. The molecule has 6 nitrogen and oxygen atoms in total. The van der Waals surface area contributed by atoms with Gasteiger partial charge >= 0.3 is 11.0 Å². The summed E-state index contributed by atoms with van der Waals surface area (Å²) < 4.78 is 126. The van der Waals surface area contributed by atoms with E-state index in [2.05, 4.69) is 23.4 Å². The Hall–Kier alpha value is -3.00. The Kier molecular flexibility index (Phi) is 6.71. The Morgan fingerprint density at radius 3 is 1.69 bits per heavy atom. The fourth-order valence-corrected chi connectivity index (χ4v) is 3.82. The third kappa shape index (κ3) is 4.75. The SMILES string of the molecule is C=C(c1cccc(N=Nc2ccccc2)c1C(=C)S(=O)(=O)C(F)(F)F)S(=O)(=O)C(F)(F)F. The van der Waals surface area contributed by atoms with Crippen LogP contribution in [0.5, 0.6) is 0 Å². The summed E-state index contributed by atoms with van der Waals surface area (Å²) >= 11 is 0. The lowest BCUT2D eigenvalue weighted by Gasteiger charge is -2.18. The first-order chi connectivity index (χ1) is 14.5. The van der Waals surface area contributed by atoms with Gasteiger partial charge in [0.1, 0.15) is 0 Å². The zero-order chi connectivity index (χ0) is 24.5. The minimum atomic E-state index is -6.19. The van der Waals surface area contributed by atoms with Crippen LogP contribution in [0.2, 0.25) is 0 Å². The van der Waals surface area contributed by atoms with E-state index in [1.165, 1.54) is 24.3 Å². The fraction of sp³-hybridized carbons (Fsp3) is 0.111.